The number of carbonyl (C=O) groups is 2. The number of aryl methyl sites for hydroxylation is 1. The van der Waals surface area contributed by atoms with Crippen LogP contribution in [-0.2, 0) is 19.6 Å². The van der Waals surface area contributed by atoms with Crippen LogP contribution in [0.3, 0.4) is 0 Å². The largest absolute Gasteiger partial charge is 0.378 e. The Morgan fingerprint density at radius 2 is 1.61 bits per heavy atom. The average Bonchev–Trinajstić information content (AvgIpc) is 2.88. The summed E-state index contributed by atoms with van der Waals surface area (Å²) in [4.78, 5) is 27.9. The van der Waals surface area contributed by atoms with Crippen molar-refractivity contribution in [2.24, 2.45) is 0 Å². The normalized spacial score (nSPS) is 13.8. The van der Waals surface area contributed by atoms with Gasteiger partial charge < -0.3 is 15.0 Å². The Morgan fingerprint density at radius 1 is 0.972 bits per heavy atom. The van der Waals surface area contributed by atoms with Gasteiger partial charge in [0.2, 0.25) is 5.91 Å². The molecular weight excluding hydrogens is 502 g/mol. The van der Waals surface area contributed by atoms with Gasteiger partial charge in [0.25, 0.3) is 15.9 Å². The van der Waals surface area contributed by atoms with Crippen LogP contribution in [0.25, 0.3) is 0 Å². The Balaban J connectivity index is 1.61. The number of hydrogen-bond acceptors (Lipinski definition) is 5. The summed E-state index contributed by atoms with van der Waals surface area (Å²) in [6.45, 7) is 3.22. The molecule has 10 heteroatoms. The fourth-order valence-electron chi connectivity index (χ4n) is 3.80. The third-order valence-corrected chi connectivity index (χ3v) is 7.78. The highest BCUT2D eigenvalue weighted by Crippen LogP contribution is 2.26. The third-order valence-electron chi connectivity index (χ3n) is 5.74. The minimum absolute atomic E-state index is 0.00294. The Bertz CT molecular complexity index is 1340. The second-order valence-electron chi connectivity index (χ2n) is 8.30. The number of ether oxygens (including phenoxy) is 1. The summed E-state index contributed by atoms with van der Waals surface area (Å²) < 4.78 is 33.4. The molecule has 3 aromatic carbocycles. The number of nitrogens with one attached hydrogen (secondary N) is 1. The van der Waals surface area contributed by atoms with Crippen molar-refractivity contribution < 1.29 is 22.7 Å². The monoisotopic (exact) mass is 527 g/mol. The van der Waals surface area contributed by atoms with E-state index < -0.39 is 22.5 Å². The quantitative estimate of drug-likeness (QED) is 0.502. The number of hydrogen-bond donors (Lipinski definition) is 1. The average molecular weight is 528 g/mol. The third kappa shape index (κ3) is 5.87. The van der Waals surface area contributed by atoms with Crippen molar-refractivity contribution in [1.29, 1.82) is 0 Å². The van der Waals surface area contributed by atoms with E-state index in [-0.39, 0.29) is 10.8 Å². The molecule has 1 aliphatic heterocycles. The topological polar surface area (TPSA) is 96.0 Å². The molecule has 0 atom stereocenters. The van der Waals surface area contributed by atoms with Crippen LogP contribution in [0, 0.1) is 6.92 Å². The second-order valence-corrected chi connectivity index (χ2v) is 10.6. The van der Waals surface area contributed by atoms with Crippen molar-refractivity contribution in [3.8, 4) is 0 Å². The molecule has 1 fully saturated rings. The van der Waals surface area contributed by atoms with Crippen LogP contribution in [0.5, 0.6) is 0 Å². The zero-order valence-corrected chi connectivity index (χ0v) is 21.3. The SMILES string of the molecule is Cc1ccc(N(CC(=O)Nc2ccccc2C(=O)N2CCOCC2)S(=O)(=O)c2ccc(Cl)cc2)cc1. The maximum atomic E-state index is 13.5. The highest BCUT2D eigenvalue weighted by Gasteiger charge is 2.28. The first-order valence-electron chi connectivity index (χ1n) is 11.4. The first-order chi connectivity index (χ1) is 17.3. The molecule has 1 heterocycles. The number of rotatable bonds is 7. The number of halogens is 1. The molecule has 0 saturated carbocycles. The summed E-state index contributed by atoms with van der Waals surface area (Å²) in [5, 5.41) is 3.13. The number of para-hydroxylation sites is 1. The van der Waals surface area contributed by atoms with Gasteiger partial charge in [-0.15, -0.1) is 0 Å². The zero-order chi connectivity index (χ0) is 25.7. The predicted octanol–water partition coefficient (Wildman–Crippen LogP) is 3.95. The molecule has 8 nitrogen and oxygen atoms in total. The van der Waals surface area contributed by atoms with E-state index in [1.54, 1.807) is 53.4 Å². The molecule has 0 aliphatic carbocycles. The van der Waals surface area contributed by atoms with Crippen molar-refractivity contribution in [1.82, 2.24) is 4.90 Å². The van der Waals surface area contributed by atoms with E-state index in [2.05, 4.69) is 5.32 Å². The molecule has 3 aromatic rings. The molecule has 1 aliphatic rings. The van der Waals surface area contributed by atoms with Gasteiger partial charge in [0.1, 0.15) is 6.54 Å². The minimum Gasteiger partial charge on any atom is -0.378 e. The molecule has 0 radical (unpaired) electrons. The van der Waals surface area contributed by atoms with Gasteiger partial charge >= 0.3 is 0 Å². The number of nitrogens with zero attached hydrogens (tertiary/aromatic N) is 2. The van der Waals surface area contributed by atoms with Gasteiger partial charge in [0.05, 0.1) is 35.0 Å². The van der Waals surface area contributed by atoms with Gasteiger partial charge in [-0.05, 0) is 55.5 Å². The van der Waals surface area contributed by atoms with Crippen molar-refractivity contribution in [3.05, 3.63) is 88.9 Å². The maximum absolute atomic E-state index is 13.5. The summed E-state index contributed by atoms with van der Waals surface area (Å²) in [5.41, 5.74) is 1.92. The lowest BCUT2D eigenvalue weighted by Gasteiger charge is -2.28. The molecule has 2 amide bonds. The Labute approximate surface area is 215 Å². The van der Waals surface area contributed by atoms with Crippen LogP contribution in [0.4, 0.5) is 11.4 Å². The Hall–Kier alpha value is -3.40. The van der Waals surface area contributed by atoms with Gasteiger partial charge in [-0.25, -0.2) is 8.42 Å². The molecular formula is C26H26ClN3O5S. The van der Waals surface area contributed by atoms with E-state index in [9.17, 15) is 18.0 Å². The molecule has 0 spiro atoms. The fraction of sp³-hybridized carbons (Fsp3) is 0.231. The summed E-state index contributed by atoms with van der Waals surface area (Å²) in [7, 11) is -4.09. The summed E-state index contributed by atoms with van der Waals surface area (Å²) in [6.07, 6.45) is 0. The summed E-state index contributed by atoms with van der Waals surface area (Å²) in [5.74, 6) is -0.811. The molecule has 0 bridgehead atoms. The van der Waals surface area contributed by atoms with Gasteiger partial charge in [-0.1, -0.05) is 41.4 Å². The van der Waals surface area contributed by atoms with E-state index in [0.717, 1.165) is 9.87 Å². The van der Waals surface area contributed by atoms with Crippen LogP contribution in [0.15, 0.2) is 77.7 Å². The number of benzene rings is 3. The Kier molecular flexibility index (Phi) is 7.93. The standard InChI is InChI=1S/C26H26ClN3O5S/c1-19-6-10-21(11-7-19)30(36(33,34)22-12-8-20(27)9-13-22)18-25(31)28-24-5-3-2-4-23(24)26(32)29-14-16-35-17-15-29/h2-13H,14-18H2,1H3,(H,28,31). The molecule has 1 saturated heterocycles. The number of anilines is 2. The van der Waals surface area contributed by atoms with Crippen molar-refractivity contribution >= 4 is 44.8 Å². The van der Waals surface area contributed by atoms with Crippen molar-refractivity contribution in [2.75, 3.05) is 42.5 Å². The smallest absolute Gasteiger partial charge is 0.264 e. The van der Waals surface area contributed by atoms with E-state index in [1.165, 1.54) is 24.3 Å². The van der Waals surface area contributed by atoms with Crippen LogP contribution < -0.4 is 9.62 Å². The van der Waals surface area contributed by atoms with Crippen LogP contribution >= 0.6 is 11.6 Å². The van der Waals surface area contributed by atoms with Gasteiger partial charge in [-0.3, -0.25) is 13.9 Å². The Morgan fingerprint density at radius 3 is 2.28 bits per heavy atom. The first-order valence-corrected chi connectivity index (χ1v) is 13.2. The van der Waals surface area contributed by atoms with Gasteiger partial charge in [0.15, 0.2) is 0 Å². The lowest BCUT2D eigenvalue weighted by Crippen LogP contribution is -2.41. The van der Waals surface area contributed by atoms with Crippen LogP contribution in [0.2, 0.25) is 5.02 Å². The van der Waals surface area contributed by atoms with E-state index in [0.29, 0.717) is 48.3 Å². The predicted molar refractivity (Wildman–Crippen MR) is 139 cm³/mol. The van der Waals surface area contributed by atoms with Crippen LogP contribution in [0.1, 0.15) is 15.9 Å². The highest BCUT2D eigenvalue weighted by atomic mass is 35.5. The van der Waals surface area contributed by atoms with Crippen molar-refractivity contribution in [3.63, 3.8) is 0 Å². The van der Waals surface area contributed by atoms with Crippen LogP contribution in [-0.4, -0.2) is 58.0 Å². The van der Waals surface area contributed by atoms with Gasteiger partial charge in [0, 0.05) is 18.1 Å². The number of amides is 2. The lowest BCUT2D eigenvalue weighted by atomic mass is 10.1. The summed E-state index contributed by atoms with van der Waals surface area (Å²) in [6, 6.07) is 19.3. The van der Waals surface area contributed by atoms with E-state index >= 15 is 0 Å². The molecule has 188 valence electrons. The van der Waals surface area contributed by atoms with E-state index in [1.807, 2.05) is 6.92 Å². The number of morpholine rings is 1. The first kappa shape index (κ1) is 25.7. The number of carbonyl (C=O) groups excluding carboxylic acids is 2. The second kappa shape index (κ2) is 11.1. The fourth-order valence-corrected chi connectivity index (χ4v) is 5.34. The maximum Gasteiger partial charge on any atom is 0.264 e. The molecule has 0 aromatic heterocycles. The molecule has 0 unspecified atom stereocenters. The van der Waals surface area contributed by atoms with Crippen molar-refractivity contribution in [2.45, 2.75) is 11.8 Å². The number of sulfonamides is 1. The molecule has 1 N–H and O–H groups in total. The van der Waals surface area contributed by atoms with Gasteiger partial charge in [-0.2, -0.15) is 0 Å². The zero-order valence-electron chi connectivity index (χ0n) is 19.7. The summed E-state index contributed by atoms with van der Waals surface area (Å²) >= 11 is 5.94. The highest BCUT2D eigenvalue weighted by molar-refractivity contribution is 7.92. The minimum atomic E-state index is -4.09. The lowest BCUT2D eigenvalue weighted by molar-refractivity contribution is -0.114. The molecule has 4 rings (SSSR count). The van der Waals surface area contributed by atoms with E-state index in [4.69, 9.17) is 16.3 Å². The molecule has 36 heavy (non-hydrogen) atoms.